The van der Waals surface area contributed by atoms with Gasteiger partial charge in [0.25, 0.3) is 5.69 Å². The molecule has 1 saturated heterocycles. The van der Waals surface area contributed by atoms with Crippen molar-refractivity contribution < 1.29 is 23.6 Å². The Morgan fingerprint density at radius 2 is 2.19 bits per heavy atom. The van der Waals surface area contributed by atoms with E-state index in [2.05, 4.69) is 5.32 Å². The maximum atomic E-state index is 14.7. The standard InChI is InChI=1S/C17H22FN3O5/c1-3-26-17(23)14-7-13(21(24)25)8-15(18)16(14)20-6-4-5-12(10-20)9-19-11(2)22/h7-8,12H,3-6,9-10H2,1-2H3,(H,19,22). The van der Waals surface area contributed by atoms with Crippen molar-refractivity contribution in [3.63, 3.8) is 0 Å². The molecule has 1 aromatic rings. The summed E-state index contributed by atoms with van der Waals surface area (Å²) in [6, 6.07) is 1.86. The molecule has 0 aromatic heterocycles. The molecule has 1 aromatic carbocycles. The van der Waals surface area contributed by atoms with Gasteiger partial charge >= 0.3 is 5.97 Å². The maximum absolute atomic E-state index is 14.7. The molecule has 0 saturated carbocycles. The number of amides is 1. The molecule has 0 aliphatic carbocycles. The molecule has 1 N–H and O–H groups in total. The number of piperidine rings is 1. The number of nitrogens with one attached hydrogen (secondary N) is 1. The van der Waals surface area contributed by atoms with Crippen LogP contribution in [0.2, 0.25) is 0 Å². The van der Waals surface area contributed by atoms with Crippen LogP contribution >= 0.6 is 0 Å². The van der Waals surface area contributed by atoms with Crippen molar-refractivity contribution in [2.75, 3.05) is 31.1 Å². The second kappa shape index (κ2) is 8.59. The highest BCUT2D eigenvalue weighted by molar-refractivity contribution is 5.97. The number of esters is 1. The molecular weight excluding hydrogens is 345 g/mol. The van der Waals surface area contributed by atoms with E-state index >= 15 is 0 Å². The minimum absolute atomic E-state index is 0.0153. The maximum Gasteiger partial charge on any atom is 0.340 e. The lowest BCUT2D eigenvalue weighted by molar-refractivity contribution is -0.385. The highest BCUT2D eigenvalue weighted by Crippen LogP contribution is 2.33. The van der Waals surface area contributed by atoms with Crippen molar-refractivity contribution in [1.82, 2.24) is 5.32 Å². The lowest BCUT2D eigenvalue weighted by Crippen LogP contribution is -2.41. The number of hydrogen-bond donors (Lipinski definition) is 1. The molecule has 1 unspecified atom stereocenters. The molecule has 2 rings (SSSR count). The second-order valence-corrected chi connectivity index (χ2v) is 6.19. The number of non-ortho nitro benzene ring substituents is 1. The lowest BCUT2D eigenvalue weighted by atomic mass is 9.96. The summed E-state index contributed by atoms with van der Waals surface area (Å²) in [7, 11) is 0. The third-order valence-electron chi connectivity index (χ3n) is 4.23. The number of nitro benzene ring substituents is 1. The number of nitro groups is 1. The van der Waals surface area contributed by atoms with E-state index < -0.39 is 22.4 Å². The fourth-order valence-electron chi connectivity index (χ4n) is 3.10. The van der Waals surface area contributed by atoms with E-state index in [9.17, 15) is 24.1 Å². The van der Waals surface area contributed by atoms with Crippen molar-refractivity contribution in [3.8, 4) is 0 Å². The number of hydrogen-bond acceptors (Lipinski definition) is 6. The Bertz CT molecular complexity index is 710. The van der Waals surface area contributed by atoms with Gasteiger partial charge < -0.3 is 15.0 Å². The summed E-state index contributed by atoms with van der Waals surface area (Å²) in [5.74, 6) is -1.68. The van der Waals surface area contributed by atoms with Crippen molar-refractivity contribution >= 4 is 23.3 Å². The first-order valence-electron chi connectivity index (χ1n) is 8.47. The van der Waals surface area contributed by atoms with Crippen molar-refractivity contribution in [2.24, 2.45) is 5.92 Å². The van der Waals surface area contributed by atoms with Gasteiger partial charge in [-0.1, -0.05) is 0 Å². The van der Waals surface area contributed by atoms with E-state index in [1.54, 1.807) is 11.8 Å². The van der Waals surface area contributed by atoms with Gasteiger partial charge in [-0.15, -0.1) is 0 Å². The van der Waals surface area contributed by atoms with Gasteiger partial charge in [0.2, 0.25) is 5.91 Å². The van der Waals surface area contributed by atoms with Gasteiger partial charge in [0.1, 0.15) is 0 Å². The average Bonchev–Trinajstić information content (AvgIpc) is 2.59. The molecule has 1 aliphatic rings. The Hall–Kier alpha value is -2.71. The Kier molecular flexibility index (Phi) is 6.48. The lowest BCUT2D eigenvalue weighted by Gasteiger charge is -2.35. The summed E-state index contributed by atoms with van der Waals surface area (Å²) in [4.78, 5) is 35.3. The Labute approximate surface area is 150 Å². The zero-order chi connectivity index (χ0) is 19.3. The van der Waals surface area contributed by atoms with Crippen LogP contribution in [0.1, 0.15) is 37.0 Å². The van der Waals surface area contributed by atoms with Crippen molar-refractivity contribution in [3.05, 3.63) is 33.6 Å². The molecule has 1 fully saturated rings. The SMILES string of the molecule is CCOC(=O)c1cc([N+](=O)[O-])cc(F)c1N1CCCC(CNC(C)=O)C1. The van der Waals surface area contributed by atoms with Gasteiger partial charge in [0.05, 0.1) is 28.8 Å². The van der Waals surface area contributed by atoms with Gasteiger partial charge in [0, 0.05) is 32.6 Å². The molecule has 26 heavy (non-hydrogen) atoms. The monoisotopic (exact) mass is 367 g/mol. The normalized spacial score (nSPS) is 16.9. The number of nitrogens with zero attached hydrogens (tertiary/aromatic N) is 2. The highest BCUT2D eigenvalue weighted by atomic mass is 19.1. The summed E-state index contributed by atoms with van der Waals surface area (Å²) < 4.78 is 19.6. The number of anilines is 1. The van der Waals surface area contributed by atoms with Crippen LogP contribution in [-0.4, -0.2) is 43.0 Å². The van der Waals surface area contributed by atoms with Crippen LogP contribution in [0, 0.1) is 21.8 Å². The molecule has 0 spiro atoms. The Morgan fingerprint density at radius 3 is 2.81 bits per heavy atom. The first kappa shape index (κ1) is 19.6. The van der Waals surface area contributed by atoms with Gasteiger partial charge in [-0.3, -0.25) is 14.9 Å². The fourth-order valence-corrected chi connectivity index (χ4v) is 3.10. The topological polar surface area (TPSA) is 102 Å². The number of carbonyl (C=O) groups is 2. The quantitative estimate of drug-likeness (QED) is 0.470. The summed E-state index contributed by atoms with van der Waals surface area (Å²) in [5.41, 5.74) is -0.638. The van der Waals surface area contributed by atoms with E-state index in [4.69, 9.17) is 4.74 Å². The molecule has 1 aliphatic heterocycles. The Balaban J connectivity index is 2.35. The number of ether oxygens (including phenoxy) is 1. The molecule has 1 amide bonds. The predicted molar refractivity (Wildman–Crippen MR) is 92.6 cm³/mol. The van der Waals surface area contributed by atoms with Crippen LogP contribution in [0.3, 0.4) is 0 Å². The third-order valence-corrected chi connectivity index (χ3v) is 4.23. The van der Waals surface area contributed by atoms with Crippen molar-refractivity contribution in [2.45, 2.75) is 26.7 Å². The van der Waals surface area contributed by atoms with Crippen LogP contribution in [0.5, 0.6) is 0 Å². The fraction of sp³-hybridized carbons (Fsp3) is 0.529. The molecule has 0 bridgehead atoms. The largest absolute Gasteiger partial charge is 0.462 e. The molecule has 9 heteroatoms. The molecule has 1 heterocycles. The van der Waals surface area contributed by atoms with E-state index in [1.807, 2.05) is 0 Å². The molecule has 0 radical (unpaired) electrons. The minimum atomic E-state index is -0.831. The zero-order valence-electron chi connectivity index (χ0n) is 14.8. The number of benzene rings is 1. The number of halogens is 1. The second-order valence-electron chi connectivity index (χ2n) is 6.19. The summed E-state index contributed by atoms with van der Waals surface area (Å²) in [6.07, 6.45) is 1.61. The van der Waals surface area contributed by atoms with Crippen LogP contribution in [0.15, 0.2) is 12.1 Å². The predicted octanol–water partition coefficient (Wildman–Crippen LogP) is 2.26. The Morgan fingerprint density at radius 1 is 1.46 bits per heavy atom. The van der Waals surface area contributed by atoms with Gasteiger partial charge in [-0.05, 0) is 25.7 Å². The van der Waals surface area contributed by atoms with E-state index in [0.717, 1.165) is 25.0 Å². The summed E-state index contributed by atoms with van der Waals surface area (Å²) in [6.45, 7) is 4.51. The van der Waals surface area contributed by atoms with Gasteiger partial charge in [-0.25, -0.2) is 9.18 Å². The molecule has 1 atom stereocenters. The summed E-state index contributed by atoms with van der Waals surface area (Å²) in [5, 5.41) is 13.8. The highest BCUT2D eigenvalue weighted by Gasteiger charge is 2.29. The molecular formula is C17H22FN3O5. The van der Waals surface area contributed by atoms with E-state index in [1.165, 1.54) is 6.92 Å². The smallest absolute Gasteiger partial charge is 0.340 e. The van der Waals surface area contributed by atoms with Crippen LogP contribution in [0.25, 0.3) is 0 Å². The zero-order valence-corrected chi connectivity index (χ0v) is 14.8. The number of rotatable bonds is 6. The van der Waals surface area contributed by atoms with E-state index in [0.29, 0.717) is 19.6 Å². The molecule has 142 valence electrons. The minimum Gasteiger partial charge on any atom is -0.462 e. The third kappa shape index (κ3) is 4.68. The molecule has 8 nitrogen and oxygen atoms in total. The van der Waals surface area contributed by atoms with Gasteiger partial charge in [-0.2, -0.15) is 0 Å². The average molecular weight is 367 g/mol. The van der Waals surface area contributed by atoms with Crippen LogP contribution < -0.4 is 10.2 Å². The van der Waals surface area contributed by atoms with Crippen LogP contribution in [0.4, 0.5) is 15.8 Å². The van der Waals surface area contributed by atoms with Gasteiger partial charge in [0.15, 0.2) is 5.82 Å². The number of carbonyl (C=O) groups excluding carboxylic acids is 2. The summed E-state index contributed by atoms with van der Waals surface area (Å²) >= 11 is 0. The first-order chi connectivity index (χ1) is 12.3. The first-order valence-corrected chi connectivity index (χ1v) is 8.47. The van der Waals surface area contributed by atoms with Crippen molar-refractivity contribution in [1.29, 1.82) is 0 Å². The van der Waals surface area contributed by atoms with E-state index in [-0.39, 0.29) is 29.7 Å². The van der Waals surface area contributed by atoms with Crippen LogP contribution in [-0.2, 0) is 9.53 Å².